The predicted molar refractivity (Wildman–Crippen MR) is 142 cm³/mol. The van der Waals surface area contributed by atoms with Crippen molar-refractivity contribution >= 4 is 27.6 Å². The molecule has 2 fully saturated rings. The van der Waals surface area contributed by atoms with Crippen LogP contribution in [0.2, 0.25) is 5.02 Å². The van der Waals surface area contributed by atoms with Crippen LogP contribution in [0.1, 0.15) is 43.4 Å². The molecule has 0 spiro atoms. The third-order valence-corrected chi connectivity index (χ3v) is 8.95. The number of alkyl halides is 3. The van der Waals surface area contributed by atoms with Crippen LogP contribution in [0.15, 0.2) is 36.9 Å². The maximum atomic E-state index is 13.9. The van der Waals surface area contributed by atoms with Gasteiger partial charge in [0.2, 0.25) is 16.0 Å². The fourth-order valence-corrected chi connectivity index (χ4v) is 6.04. The number of piperidine rings is 1. The van der Waals surface area contributed by atoms with Crippen molar-refractivity contribution in [3.05, 3.63) is 53.1 Å². The van der Waals surface area contributed by atoms with Crippen LogP contribution in [0.5, 0.6) is 0 Å². The van der Waals surface area contributed by atoms with Crippen LogP contribution in [-0.4, -0.2) is 75.6 Å². The van der Waals surface area contributed by atoms with Gasteiger partial charge in [-0.2, -0.15) is 13.2 Å². The standard InChI is InChI=1S/C25H29ClF3N7O2S/c1-16(34-8-3-9-34)17-4-5-22(20(26)12-17)35-14-21(31-15-35)23-19(25(27,28)29)13-30-24(33-23)32-18-6-10-36(11-7-18)39(2,37)38/h4-5,12-16,18H,3,6-11H2,1-2H3,(H,30,32,33). The number of sulfonamides is 1. The summed E-state index contributed by atoms with van der Waals surface area (Å²) in [5, 5.41) is 3.52. The second-order valence-electron chi connectivity index (χ2n) is 9.98. The van der Waals surface area contributed by atoms with Gasteiger partial charge in [-0.25, -0.2) is 27.7 Å². The molecule has 9 nitrogen and oxygen atoms in total. The Balaban J connectivity index is 1.39. The van der Waals surface area contributed by atoms with E-state index >= 15 is 0 Å². The summed E-state index contributed by atoms with van der Waals surface area (Å²) in [6, 6.07) is 5.72. The molecule has 1 aromatic carbocycles. The second kappa shape index (κ2) is 10.7. The molecule has 14 heteroatoms. The van der Waals surface area contributed by atoms with Gasteiger partial charge in [-0.3, -0.25) is 4.90 Å². The molecule has 210 valence electrons. The molecule has 0 amide bonds. The summed E-state index contributed by atoms with van der Waals surface area (Å²) in [4.78, 5) is 14.6. The first-order chi connectivity index (χ1) is 18.4. The van der Waals surface area contributed by atoms with Crippen LogP contribution in [0.4, 0.5) is 19.1 Å². The smallest absolute Gasteiger partial charge is 0.351 e. The average molecular weight is 584 g/mol. The maximum Gasteiger partial charge on any atom is 0.420 e. The van der Waals surface area contributed by atoms with Crippen LogP contribution >= 0.6 is 11.6 Å². The van der Waals surface area contributed by atoms with Gasteiger partial charge in [0.05, 0.1) is 17.0 Å². The molecule has 2 aliphatic heterocycles. The molecule has 1 unspecified atom stereocenters. The van der Waals surface area contributed by atoms with Crippen molar-refractivity contribution in [3.63, 3.8) is 0 Å². The molecule has 0 saturated carbocycles. The second-order valence-corrected chi connectivity index (χ2v) is 12.4. The molecule has 0 bridgehead atoms. The zero-order valence-corrected chi connectivity index (χ0v) is 23.1. The monoisotopic (exact) mass is 583 g/mol. The van der Waals surface area contributed by atoms with Crippen molar-refractivity contribution in [2.24, 2.45) is 0 Å². The van der Waals surface area contributed by atoms with Gasteiger partial charge in [-0.05, 0) is 57.0 Å². The minimum atomic E-state index is -4.69. The largest absolute Gasteiger partial charge is 0.420 e. The summed E-state index contributed by atoms with van der Waals surface area (Å²) < 4.78 is 68.1. The van der Waals surface area contributed by atoms with Crippen LogP contribution in [-0.2, 0) is 16.2 Å². The molecule has 5 rings (SSSR count). The highest BCUT2D eigenvalue weighted by atomic mass is 35.5. The van der Waals surface area contributed by atoms with E-state index in [0.717, 1.165) is 31.1 Å². The minimum Gasteiger partial charge on any atom is -0.351 e. The lowest BCUT2D eigenvalue weighted by atomic mass is 10.0. The van der Waals surface area contributed by atoms with Crippen LogP contribution in [0, 0.1) is 0 Å². The third kappa shape index (κ3) is 6.06. The lowest BCUT2D eigenvalue weighted by Gasteiger charge is -2.36. The quantitative estimate of drug-likeness (QED) is 0.434. The van der Waals surface area contributed by atoms with Gasteiger partial charge in [-0.1, -0.05) is 17.7 Å². The molecular formula is C25H29ClF3N7O2S. The number of hydrogen-bond acceptors (Lipinski definition) is 7. The van der Waals surface area contributed by atoms with E-state index in [9.17, 15) is 21.6 Å². The first-order valence-corrected chi connectivity index (χ1v) is 14.9. The number of nitrogens with one attached hydrogen (secondary N) is 1. The minimum absolute atomic E-state index is 0.0210. The summed E-state index contributed by atoms with van der Waals surface area (Å²) in [5.74, 6) is 0.0210. The van der Waals surface area contributed by atoms with Crippen LogP contribution in [0.3, 0.4) is 0 Å². The number of nitrogens with zero attached hydrogens (tertiary/aromatic N) is 6. The van der Waals surface area contributed by atoms with Gasteiger partial charge in [0.1, 0.15) is 23.3 Å². The maximum absolute atomic E-state index is 13.9. The summed E-state index contributed by atoms with van der Waals surface area (Å²) in [6.07, 6.45) is 2.21. The highest BCUT2D eigenvalue weighted by molar-refractivity contribution is 7.88. The van der Waals surface area contributed by atoms with Gasteiger partial charge in [0.25, 0.3) is 0 Å². The zero-order chi connectivity index (χ0) is 27.9. The molecule has 1 N–H and O–H groups in total. The number of benzene rings is 1. The number of likely N-dealkylation sites (tertiary alicyclic amines) is 1. The van der Waals surface area contributed by atoms with Crippen LogP contribution in [0.25, 0.3) is 17.1 Å². The highest BCUT2D eigenvalue weighted by Gasteiger charge is 2.36. The molecule has 3 aromatic rings. The van der Waals surface area contributed by atoms with E-state index in [1.165, 1.54) is 23.3 Å². The van der Waals surface area contributed by atoms with Gasteiger partial charge >= 0.3 is 6.18 Å². The van der Waals surface area contributed by atoms with E-state index in [0.29, 0.717) is 36.6 Å². The van der Waals surface area contributed by atoms with Crippen molar-refractivity contribution in [1.29, 1.82) is 0 Å². The number of rotatable bonds is 7. The molecule has 2 aromatic heterocycles. The molecule has 39 heavy (non-hydrogen) atoms. The molecule has 2 saturated heterocycles. The highest BCUT2D eigenvalue weighted by Crippen LogP contribution is 2.36. The summed E-state index contributed by atoms with van der Waals surface area (Å²) in [5.41, 5.74) is 0.320. The predicted octanol–water partition coefficient (Wildman–Crippen LogP) is 4.60. The zero-order valence-electron chi connectivity index (χ0n) is 21.5. The van der Waals surface area contributed by atoms with Crippen molar-refractivity contribution in [2.75, 3.05) is 37.8 Å². The Hall–Kier alpha value is -2.74. The molecule has 1 atom stereocenters. The molecular weight excluding hydrogens is 555 g/mol. The number of hydrogen-bond donors (Lipinski definition) is 1. The first-order valence-electron chi connectivity index (χ1n) is 12.6. The van der Waals surface area contributed by atoms with Gasteiger partial charge < -0.3 is 9.88 Å². The van der Waals surface area contributed by atoms with Gasteiger partial charge in [0.15, 0.2) is 0 Å². The molecule has 0 aliphatic carbocycles. The topological polar surface area (TPSA) is 96.2 Å². The lowest BCUT2D eigenvalue weighted by Crippen LogP contribution is -2.42. The summed E-state index contributed by atoms with van der Waals surface area (Å²) >= 11 is 6.58. The summed E-state index contributed by atoms with van der Waals surface area (Å²) in [6.45, 7) is 4.83. The van der Waals surface area contributed by atoms with Crippen molar-refractivity contribution in [2.45, 2.75) is 44.4 Å². The van der Waals surface area contributed by atoms with Crippen LogP contribution < -0.4 is 5.32 Å². The SMILES string of the molecule is CC(c1ccc(-n2cnc(-c3nc(NC4CCN(S(C)(=O)=O)CC4)ncc3C(F)(F)F)c2)c(Cl)c1)N1CCC1. The Morgan fingerprint density at radius 2 is 1.85 bits per heavy atom. The Kier molecular flexibility index (Phi) is 7.61. The number of imidazole rings is 1. The van der Waals surface area contributed by atoms with Gasteiger partial charge in [0, 0.05) is 37.6 Å². The Labute approximate surface area is 230 Å². The van der Waals surface area contributed by atoms with Crippen molar-refractivity contribution in [3.8, 4) is 17.1 Å². The van der Waals surface area contributed by atoms with E-state index in [-0.39, 0.29) is 29.4 Å². The Bertz CT molecular complexity index is 1450. The number of anilines is 1. The average Bonchev–Trinajstić information content (AvgIpc) is 3.32. The van der Waals surface area contributed by atoms with E-state index < -0.39 is 21.8 Å². The fourth-order valence-electron chi connectivity index (χ4n) is 4.88. The molecule has 4 heterocycles. The third-order valence-electron chi connectivity index (χ3n) is 7.35. The molecule has 0 radical (unpaired) electrons. The van der Waals surface area contributed by atoms with Crippen molar-refractivity contribution in [1.82, 2.24) is 28.7 Å². The van der Waals surface area contributed by atoms with E-state index in [2.05, 4.69) is 32.1 Å². The first kappa shape index (κ1) is 27.8. The lowest BCUT2D eigenvalue weighted by molar-refractivity contribution is -0.137. The molecule has 2 aliphatic rings. The van der Waals surface area contributed by atoms with E-state index in [4.69, 9.17) is 11.6 Å². The Morgan fingerprint density at radius 1 is 1.13 bits per heavy atom. The number of aromatic nitrogens is 4. The van der Waals surface area contributed by atoms with Crippen molar-refractivity contribution < 1.29 is 21.6 Å². The normalized spacial score (nSPS) is 18.6. The van der Waals surface area contributed by atoms with E-state index in [1.54, 1.807) is 4.57 Å². The van der Waals surface area contributed by atoms with E-state index in [1.807, 2.05) is 18.2 Å². The van der Waals surface area contributed by atoms with Gasteiger partial charge in [-0.15, -0.1) is 0 Å². The summed E-state index contributed by atoms with van der Waals surface area (Å²) in [7, 11) is -3.29. The Morgan fingerprint density at radius 3 is 2.44 bits per heavy atom. The number of halogens is 4. The fraction of sp³-hybridized carbons (Fsp3) is 0.480.